The van der Waals surface area contributed by atoms with Crippen molar-refractivity contribution in [1.29, 1.82) is 0 Å². The average molecular weight is 561 g/mol. The van der Waals surface area contributed by atoms with Crippen LogP contribution in [0.3, 0.4) is 0 Å². The van der Waals surface area contributed by atoms with Gasteiger partial charge in [-0.05, 0) is 12.8 Å². The number of unbranched alkanes of at least 4 members (excludes halogenated alkanes) is 1. The van der Waals surface area contributed by atoms with Crippen LogP contribution in [0.4, 0.5) is 0 Å². The van der Waals surface area contributed by atoms with Crippen LogP contribution in [0, 0.1) is 0 Å². The van der Waals surface area contributed by atoms with Gasteiger partial charge in [0.2, 0.25) is 11.8 Å². The van der Waals surface area contributed by atoms with E-state index in [1.54, 1.807) is 0 Å². The van der Waals surface area contributed by atoms with Crippen molar-refractivity contribution in [1.82, 2.24) is 10.6 Å². The first-order valence-electron chi connectivity index (χ1n) is 10.7. The van der Waals surface area contributed by atoms with Crippen molar-refractivity contribution < 1.29 is 38.9 Å². The second-order valence-electron chi connectivity index (χ2n) is 6.58. The van der Waals surface area contributed by atoms with Crippen LogP contribution in [-0.2, 0) is 28.7 Å². The second kappa shape index (κ2) is 22.2. The summed E-state index contributed by atoms with van der Waals surface area (Å²) in [5.41, 5.74) is 0. The highest BCUT2D eigenvalue weighted by Gasteiger charge is 2.21. The van der Waals surface area contributed by atoms with Crippen molar-refractivity contribution in [3.63, 3.8) is 0 Å². The van der Waals surface area contributed by atoms with Crippen molar-refractivity contribution in [3.05, 3.63) is 0 Å². The molecule has 2 amide bonds. The third-order valence-electron chi connectivity index (χ3n) is 3.75. The SMILES string of the molecule is CC.COC(=O)CCCCC(CSSCC(NC(C)=O)C(=O)O)SSCC(NC(C)=O)C(=O)O. The molecule has 0 bridgehead atoms. The topological polar surface area (TPSA) is 159 Å². The Balaban J connectivity index is 0. The van der Waals surface area contributed by atoms with Gasteiger partial charge in [0, 0.05) is 42.8 Å². The lowest BCUT2D eigenvalue weighted by molar-refractivity contribution is -0.141. The van der Waals surface area contributed by atoms with Crippen LogP contribution in [0.2, 0.25) is 0 Å². The first-order chi connectivity index (χ1) is 16.1. The van der Waals surface area contributed by atoms with Gasteiger partial charge in [0.15, 0.2) is 0 Å². The smallest absolute Gasteiger partial charge is 0.327 e. The van der Waals surface area contributed by atoms with Gasteiger partial charge in [-0.1, -0.05) is 63.4 Å². The third kappa shape index (κ3) is 20.2. The number of aliphatic carboxylic acids is 2. The molecule has 0 aromatic carbocycles. The summed E-state index contributed by atoms with van der Waals surface area (Å²) in [6.07, 6.45) is 2.54. The molecule has 198 valence electrons. The summed E-state index contributed by atoms with van der Waals surface area (Å²) in [4.78, 5) is 56.0. The van der Waals surface area contributed by atoms with Crippen molar-refractivity contribution in [2.75, 3.05) is 24.4 Å². The van der Waals surface area contributed by atoms with Gasteiger partial charge in [0.1, 0.15) is 12.1 Å². The average Bonchev–Trinajstić information content (AvgIpc) is 2.77. The minimum absolute atomic E-state index is 0.117. The summed E-state index contributed by atoms with van der Waals surface area (Å²) in [6, 6.07) is -1.96. The molecule has 0 fully saturated rings. The molecule has 0 spiro atoms. The highest BCUT2D eigenvalue weighted by molar-refractivity contribution is 8.78. The molecule has 34 heavy (non-hydrogen) atoms. The van der Waals surface area contributed by atoms with Crippen molar-refractivity contribution in [2.24, 2.45) is 0 Å². The van der Waals surface area contributed by atoms with Gasteiger partial charge >= 0.3 is 17.9 Å². The third-order valence-corrected chi connectivity index (χ3v) is 9.36. The molecule has 3 unspecified atom stereocenters. The fourth-order valence-corrected chi connectivity index (χ4v) is 8.13. The van der Waals surface area contributed by atoms with Crippen molar-refractivity contribution in [2.45, 2.75) is 70.7 Å². The zero-order chi connectivity index (χ0) is 26.5. The Morgan fingerprint density at radius 1 is 0.794 bits per heavy atom. The number of hydrogen-bond donors (Lipinski definition) is 4. The highest BCUT2D eigenvalue weighted by Crippen LogP contribution is 2.35. The standard InChI is InChI=1S/C18H30N2O8S4.C2H6/c1-11(21)19-14(17(24)25)9-30-29-8-13(6-4-5-7-16(23)28-3)32-31-10-15(18(26)27)20-12(2)22;1-2/h13-15H,4-10H2,1-3H3,(H,19,21)(H,20,22)(H,24,25)(H,26,27);1-2H3. The largest absolute Gasteiger partial charge is 0.480 e. The Hall–Kier alpha value is -1.25. The maximum absolute atomic E-state index is 11.3. The van der Waals surface area contributed by atoms with Crippen LogP contribution in [0.25, 0.3) is 0 Å². The molecule has 0 aliphatic rings. The normalized spacial score (nSPS) is 12.9. The first kappa shape index (κ1) is 34.9. The van der Waals surface area contributed by atoms with Gasteiger partial charge in [-0.25, -0.2) is 9.59 Å². The van der Waals surface area contributed by atoms with E-state index in [0.717, 1.165) is 12.8 Å². The van der Waals surface area contributed by atoms with Gasteiger partial charge < -0.3 is 25.6 Å². The van der Waals surface area contributed by atoms with Gasteiger partial charge in [-0.3, -0.25) is 14.4 Å². The number of carbonyl (C=O) groups excluding carboxylic acids is 3. The number of esters is 1. The number of rotatable bonds is 18. The molecular formula is C20H36N2O8S4. The lowest BCUT2D eigenvalue weighted by atomic mass is 10.1. The molecule has 0 saturated heterocycles. The number of nitrogens with one attached hydrogen (secondary N) is 2. The van der Waals surface area contributed by atoms with E-state index in [0.29, 0.717) is 18.6 Å². The van der Waals surface area contributed by atoms with E-state index in [2.05, 4.69) is 15.4 Å². The minimum atomic E-state index is -1.11. The molecule has 10 nitrogen and oxygen atoms in total. The van der Waals surface area contributed by atoms with Crippen LogP contribution >= 0.6 is 43.2 Å². The fraction of sp³-hybridized carbons (Fsp3) is 0.750. The Morgan fingerprint density at radius 3 is 1.71 bits per heavy atom. The zero-order valence-electron chi connectivity index (χ0n) is 20.2. The van der Waals surface area contributed by atoms with E-state index in [9.17, 15) is 29.1 Å². The Kier molecular flexibility index (Phi) is 22.8. The summed E-state index contributed by atoms with van der Waals surface area (Å²) in [5, 5.41) is 23.2. The van der Waals surface area contributed by atoms with Gasteiger partial charge in [-0.2, -0.15) is 0 Å². The Bertz CT molecular complexity index is 640. The van der Waals surface area contributed by atoms with E-state index in [1.807, 2.05) is 13.8 Å². The van der Waals surface area contributed by atoms with E-state index in [1.165, 1.54) is 64.1 Å². The fourth-order valence-electron chi connectivity index (χ4n) is 2.19. The molecule has 0 heterocycles. The molecule has 0 aromatic heterocycles. The predicted octanol–water partition coefficient (Wildman–Crippen LogP) is 3.06. The van der Waals surface area contributed by atoms with Crippen LogP contribution in [0.15, 0.2) is 0 Å². The quantitative estimate of drug-likeness (QED) is 0.110. The maximum Gasteiger partial charge on any atom is 0.327 e. The molecular weight excluding hydrogens is 524 g/mol. The van der Waals surface area contributed by atoms with Crippen molar-refractivity contribution >= 4 is 72.9 Å². The van der Waals surface area contributed by atoms with Gasteiger partial charge in [0.05, 0.1) is 7.11 Å². The Labute approximate surface area is 217 Å². The number of carboxylic acid groups (broad SMARTS) is 2. The maximum atomic E-state index is 11.3. The lowest BCUT2D eigenvalue weighted by Gasteiger charge is -2.18. The number of hydrogen-bond acceptors (Lipinski definition) is 10. The molecule has 0 saturated carbocycles. The number of carbonyl (C=O) groups is 5. The van der Waals surface area contributed by atoms with Crippen LogP contribution < -0.4 is 10.6 Å². The van der Waals surface area contributed by atoms with Crippen molar-refractivity contribution in [3.8, 4) is 0 Å². The highest BCUT2D eigenvalue weighted by atomic mass is 33.1. The van der Waals surface area contributed by atoms with E-state index in [-0.39, 0.29) is 22.7 Å². The molecule has 4 N–H and O–H groups in total. The predicted molar refractivity (Wildman–Crippen MR) is 141 cm³/mol. The first-order valence-corrected chi connectivity index (χ1v) is 15.5. The zero-order valence-corrected chi connectivity index (χ0v) is 23.4. The molecule has 14 heteroatoms. The van der Waals surface area contributed by atoms with Crippen LogP contribution in [0.1, 0.15) is 53.4 Å². The molecule has 0 aliphatic heterocycles. The summed E-state index contributed by atoms with van der Waals surface area (Å²) >= 11 is 0. The molecule has 0 radical (unpaired) electrons. The number of methoxy groups -OCH3 is 1. The van der Waals surface area contributed by atoms with E-state index < -0.39 is 35.8 Å². The van der Waals surface area contributed by atoms with Gasteiger partial charge in [0.25, 0.3) is 0 Å². The van der Waals surface area contributed by atoms with Gasteiger partial charge in [-0.15, -0.1) is 0 Å². The van der Waals surface area contributed by atoms with Crippen LogP contribution in [0.5, 0.6) is 0 Å². The second-order valence-corrected chi connectivity index (χ2v) is 11.8. The van der Waals surface area contributed by atoms with Crippen LogP contribution in [-0.4, -0.2) is 81.6 Å². The summed E-state index contributed by atoms with van der Waals surface area (Å²) in [5.74, 6) is -2.25. The molecule has 0 aliphatic carbocycles. The summed E-state index contributed by atoms with van der Waals surface area (Å²) in [7, 11) is 6.98. The number of amides is 2. The van der Waals surface area contributed by atoms with E-state index >= 15 is 0 Å². The minimum Gasteiger partial charge on any atom is -0.480 e. The summed E-state index contributed by atoms with van der Waals surface area (Å²) in [6.45, 7) is 6.52. The molecule has 0 aromatic rings. The number of carboxylic acids is 2. The van der Waals surface area contributed by atoms with E-state index in [4.69, 9.17) is 5.11 Å². The Morgan fingerprint density at radius 2 is 1.26 bits per heavy atom. The monoisotopic (exact) mass is 560 g/mol. The molecule has 0 rings (SSSR count). The lowest BCUT2D eigenvalue weighted by Crippen LogP contribution is -2.41. The molecule has 3 atom stereocenters. The summed E-state index contributed by atoms with van der Waals surface area (Å²) < 4.78 is 4.63. The number of ether oxygens (including phenoxy) is 1.